The number of halogens is 1. The van der Waals surface area contributed by atoms with Crippen molar-refractivity contribution in [3.05, 3.63) is 59.1 Å². The Morgan fingerprint density at radius 3 is 2.29 bits per heavy atom. The second-order valence-corrected chi connectivity index (χ2v) is 7.70. The molecule has 0 heterocycles. The van der Waals surface area contributed by atoms with E-state index < -0.39 is 6.04 Å². The average Bonchev–Trinajstić information content (AvgIpc) is 2.78. The highest BCUT2D eigenvalue weighted by Gasteiger charge is 2.30. The van der Waals surface area contributed by atoms with Crippen LogP contribution >= 0.6 is 11.6 Å². The first-order valence-corrected chi connectivity index (χ1v) is 10.9. The maximum Gasteiger partial charge on any atom is 0.261 e. The maximum absolute atomic E-state index is 13.2. The molecule has 0 aliphatic heterocycles. The molecule has 0 aromatic heterocycles. The summed E-state index contributed by atoms with van der Waals surface area (Å²) in [7, 11) is 1.54. The second kappa shape index (κ2) is 12.2. The number of para-hydroxylation sites is 2. The smallest absolute Gasteiger partial charge is 0.261 e. The monoisotopic (exact) mass is 446 g/mol. The molecule has 7 heteroatoms. The number of methoxy groups -OCH3 is 1. The van der Waals surface area contributed by atoms with Gasteiger partial charge >= 0.3 is 0 Å². The van der Waals surface area contributed by atoms with Crippen LogP contribution in [-0.2, 0) is 16.1 Å². The number of ether oxygens (including phenoxy) is 2. The highest BCUT2D eigenvalue weighted by molar-refractivity contribution is 6.31. The largest absolute Gasteiger partial charge is 0.493 e. The SMILES string of the molecule is CC[C@H](C(=O)N[C@@H](C)CC)N(Cc1ccccc1Cl)C(=O)COc1ccccc1OC. The standard InChI is InChI=1S/C24H31ClN2O4/c1-5-17(3)26-24(29)20(6-2)27(15-18-11-7-8-12-19(18)25)23(28)16-31-22-14-10-9-13-21(22)30-4/h7-14,17,20H,5-6,15-16H2,1-4H3,(H,26,29)/t17-,20+/m0/s1. The zero-order valence-corrected chi connectivity index (χ0v) is 19.3. The molecule has 0 saturated heterocycles. The lowest BCUT2D eigenvalue weighted by atomic mass is 10.1. The molecule has 6 nitrogen and oxygen atoms in total. The van der Waals surface area contributed by atoms with Gasteiger partial charge in [0, 0.05) is 17.6 Å². The molecule has 168 valence electrons. The number of benzene rings is 2. The van der Waals surface area contributed by atoms with Crippen LogP contribution in [0.5, 0.6) is 11.5 Å². The van der Waals surface area contributed by atoms with E-state index in [1.807, 2.05) is 45.0 Å². The zero-order chi connectivity index (χ0) is 22.8. The Hall–Kier alpha value is -2.73. The van der Waals surface area contributed by atoms with E-state index in [4.69, 9.17) is 21.1 Å². The summed E-state index contributed by atoms with van der Waals surface area (Å²) in [5.41, 5.74) is 0.768. The van der Waals surface area contributed by atoms with E-state index >= 15 is 0 Å². The summed E-state index contributed by atoms with van der Waals surface area (Å²) in [6.45, 7) is 5.81. The zero-order valence-electron chi connectivity index (χ0n) is 18.6. The van der Waals surface area contributed by atoms with Crippen molar-refractivity contribution in [2.75, 3.05) is 13.7 Å². The lowest BCUT2D eigenvalue weighted by Crippen LogP contribution is -2.51. The van der Waals surface area contributed by atoms with Gasteiger partial charge in [-0.15, -0.1) is 0 Å². The fraction of sp³-hybridized carbons (Fsp3) is 0.417. The van der Waals surface area contributed by atoms with Crippen molar-refractivity contribution in [1.82, 2.24) is 10.2 Å². The Balaban J connectivity index is 2.25. The first-order chi connectivity index (χ1) is 14.9. The van der Waals surface area contributed by atoms with Crippen LogP contribution in [0.3, 0.4) is 0 Å². The van der Waals surface area contributed by atoms with Crippen LogP contribution in [0.15, 0.2) is 48.5 Å². The minimum atomic E-state index is -0.640. The van der Waals surface area contributed by atoms with Gasteiger partial charge in [-0.3, -0.25) is 9.59 Å². The summed E-state index contributed by atoms with van der Waals surface area (Å²) >= 11 is 6.33. The minimum Gasteiger partial charge on any atom is -0.493 e. The molecule has 2 aromatic rings. The molecule has 0 radical (unpaired) electrons. The Morgan fingerprint density at radius 1 is 1.03 bits per heavy atom. The lowest BCUT2D eigenvalue weighted by Gasteiger charge is -2.31. The quantitative estimate of drug-likeness (QED) is 0.553. The minimum absolute atomic E-state index is 0.0173. The summed E-state index contributed by atoms with van der Waals surface area (Å²) in [5.74, 6) is 0.509. The molecule has 31 heavy (non-hydrogen) atoms. The van der Waals surface area contributed by atoms with E-state index in [0.717, 1.165) is 12.0 Å². The lowest BCUT2D eigenvalue weighted by molar-refractivity contribution is -0.143. The number of carbonyl (C=O) groups is 2. The molecule has 0 bridgehead atoms. The summed E-state index contributed by atoms with van der Waals surface area (Å²) in [6.07, 6.45) is 1.27. The van der Waals surface area contributed by atoms with Crippen LogP contribution in [0.25, 0.3) is 0 Å². The maximum atomic E-state index is 13.2. The molecule has 2 rings (SSSR count). The van der Waals surface area contributed by atoms with Gasteiger partial charge in [-0.25, -0.2) is 0 Å². The molecule has 0 aliphatic rings. The predicted octanol–water partition coefficient (Wildman–Crippen LogP) is 4.45. The van der Waals surface area contributed by atoms with Gasteiger partial charge in [-0.2, -0.15) is 0 Å². The van der Waals surface area contributed by atoms with Crippen LogP contribution in [0, 0.1) is 0 Å². The van der Waals surface area contributed by atoms with Gasteiger partial charge in [-0.05, 0) is 43.5 Å². The van der Waals surface area contributed by atoms with Gasteiger partial charge in [0.2, 0.25) is 5.91 Å². The molecule has 2 aromatic carbocycles. The molecule has 0 saturated carbocycles. The van der Waals surface area contributed by atoms with E-state index in [0.29, 0.717) is 22.9 Å². The Labute approximate surface area is 189 Å². The van der Waals surface area contributed by atoms with Gasteiger partial charge in [0.25, 0.3) is 5.91 Å². The van der Waals surface area contributed by atoms with Crippen molar-refractivity contribution in [1.29, 1.82) is 0 Å². The summed E-state index contributed by atoms with van der Waals surface area (Å²) < 4.78 is 11.0. The van der Waals surface area contributed by atoms with Gasteiger partial charge in [-0.1, -0.05) is 55.8 Å². The average molecular weight is 447 g/mol. The van der Waals surface area contributed by atoms with E-state index in [1.165, 1.54) is 4.90 Å². The summed E-state index contributed by atoms with van der Waals surface area (Å²) in [4.78, 5) is 27.7. The van der Waals surface area contributed by atoms with Crippen molar-refractivity contribution < 1.29 is 19.1 Å². The van der Waals surface area contributed by atoms with E-state index in [2.05, 4.69) is 5.32 Å². The molecule has 1 N–H and O–H groups in total. The first kappa shape index (κ1) is 24.5. The van der Waals surface area contributed by atoms with Crippen LogP contribution in [0.1, 0.15) is 39.2 Å². The molecule has 0 spiro atoms. The Bertz CT molecular complexity index is 874. The van der Waals surface area contributed by atoms with E-state index in [9.17, 15) is 9.59 Å². The highest BCUT2D eigenvalue weighted by Crippen LogP contribution is 2.26. The third-order valence-electron chi connectivity index (χ3n) is 5.11. The normalized spacial score (nSPS) is 12.5. The van der Waals surface area contributed by atoms with Gasteiger partial charge in [0.15, 0.2) is 18.1 Å². The van der Waals surface area contributed by atoms with E-state index in [1.54, 1.807) is 31.4 Å². The van der Waals surface area contributed by atoms with E-state index in [-0.39, 0.29) is 31.0 Å². The molecular formula is C24H31ClN2O4. The molecule has 0 aliphatic carbocycles. The molecule has 0 unspecified atom stereocenters. The first-order valence-electron chi connectivity index (χ1n) is 10.5. The van der Waals surface area contributed by atoms with Crippen molar-refractivity contribution in [2.24, 2.45) is 0 Å². The predicted molar refractivity (Wildman–Crippen MR) is 122 cm³/mol. The number of carbonyl (C=O) groups excluding carboxylic acids is 2. The van der Waals surface area contributed by atoms with Crippen molar-refractivity contribution in [3.8, 4) is 11.5 Å². The van der Waals surface area contributed by atoms with Crippen LogP contribution in [-0.4, -0.2) is 42.5 Å². The second-order valence-electron chi connectivity index (χ2n) is 7.29. The van der Waals surface area contributed by atoms with Crippen LogP contribution < -0.4 is 14.8 Å². The number of rotatable bonds is 11. The Kier molecular flexibility index (Phi) is 9.66. The van der Waals surface area contributed by atoms with Gasteiger partial charge in [0.05, 0.1) is 7.11 Å². The van der Waals surface area contributed by atoms with Crippen molar-refractivity contribution in [3.63, 3.8) is 0 Å². The highest BCUT2D eigenvalue weighted by atomic mass is 35.5. The number of nitrogens with zero attached hydrogens (tertiary/aromatic N) is 1. The van der Waals surface area contributed by atoms with Gasteiger partial charge in [0.1, 0.15) is 6.04 Å². The van der Waals surface area contributed by atoms with Crippen molar-refractivity contribution in [2.45, 2.75) is 52.2 Å². The molecule has 2 atom stereocenters. The number of hydrogen-bond acceptors (Lipinski definition) is 4. The van der Waals surface area contributed by atoms with Crippen LogP contribution in [0.2, 0.25) is 5.02 Å². The number of hydrogen-bond donors (Lipinski definition) is 1. The third-order valence-corrected chi connectivity index (χ3v) is 5.47. The van der Waals surface area contributed by atoms with Crippen molar-refractivity contribution >= 4 is 23.4 Å². The Morgan fingerprint density at radius 2 is 1.68 bits per heavy atom. The summed E-state index contributed by atoms with van der Waals surface area (Å²) in [5, 5.41) is 3.53. The summed E-state index contributed by atoms with van der Waals surface area (Å²) in [6, 6.07) is 13.8. The number of amides is 2. The molecule has 2 amide bonds. The number of nitrogens with one attached hydrogen (secondary N) is 1. The van der Waals surface area contributed by atoms with Gasteiger partial charge < -0.3 is 19.7 Å². The molecular weight excluding hydrogens is 416 g/mol. The molecule has 0 fully saturated rings. The fourth-order valence-electron chi connectivity index (χ4n) is 3.13. The van der Waals surface area contributed by atoms with Crippen LogP contribution in [0.4, 0.5) is 0 Å². The third kappa shape index (κ3) is 6.89. The fourth-order valence-corrected chi connectivity index (χ4v) is 3.33. The topological polar surface area (TPSA) is 67.9 Å².